The van der Waals surface area contributed by atoms with Gasteiger partial charge in [0.25, 0.3) is 0 Å². The Balaban J connectivity index is 1.89. The van der Waals surface area contributed by atoms with Gasteiger partial charge in [0.2, 0.25) is 0 Å². The number of nitrogens with zero attached hydrogens (tertiary/aromatic N) is 1. The second kappa shape index (κ2) is 5.48. The number of benzene rings is 1. The van der Waals surface area contributed by atoms with Crippen LogP contribution in [0, 0.1) is 6.92 Å². The van der Waals surface area contributed by atoms with Crippen LogP contribution in [0.3, 0.4) is 0 Å². The number of aryl methyl sites for hydroxylation is 1. The summed E-state index contributed by atoms with van der Waals surface area (Å²) < 4.78 is 0. The molecule has 1 saturated carbocycles. The highest BCUT2D eigenvalue weighted by atomic mass is 35.5. The average molecular weight is 275 g/mol. The lowest BCUT2D eigenvalue weighted by Gasteiger charge is -2.14. The molecule has 0 aliphatic heterocycles. The van der Waals surface area contributed by atoms with Crippen LogP contribution in [0.4, 0.5) is 0 Å². The lowest BCUT2D eigenvalue weighted by molar-refractivity contribution is 0.525. The second-order valence-corrected chi connectivity index (χ2v) is 5.88. The molecule has 0 unspecified atom stereocenters. The van der Waals surface area contributed by atoms with Crippen LogP contribution < -0.4 is 5.32 Å². The number of nitrogens with one attached hydrogen (secondary N) is 1. The van der Waals surface area contributed by atoms with E-state index in [1.54, 1.807) is 0 Å². The Morgan fingerprint density at radius 1 is 1.26 bits per heavy atom. The van der Waals surface area contributed by atoms with E-state index >= 15 is 0 Å². The van der Waals surface area contributed by atoms with Gasteiger partial charge in [-0.2, -0.15) is 0 Å². The number of hydrogen-bond acceptors (Lipinski definition) is 2. The number of fused-ring (bicyclic) bond motifs is 1. The molecule has 0 radical (unpaired) electrons. The molecule has 0 spiro atoms. The second-order valence-electron chi connectivity index (χ2n) is 5.45. The van der Waals surface area contributed by atoms with E-state index in [0.717, 1.165) is 22.8 Å². The topological polar surface area (TPSA) is 24.9 Å². The molecule has 3 rings (SSSR count). The zero-order valence-corrected chi connectivity index (χ0v) is 12.0. The van der Waals surface area contributed by atoms with Crippen LogP contribution in [0.25, 0.3) is 10.9 Å². The van der Waals surface area contributed by atoms with Gasteiger partial charge in [-0.15, -0.1) is 0 Å². The summed E-state index contributed by atoms with van der Waals surface area (Å²) >= 11 is 6.11. The molecule has 1 aromatic carbocycles. The van der Waals surface area contributed by atoms with Crippen LogP contribution in [0.5, 0.6) is 0 Å². The summed E-state index contributed by atoms with van der Waals surface area (Å²) in [5.41, 5.74) is 3.41. The van der Waals surface area contributed by atoms with E-state index in [4.69, 9.17) is 11.6 Å². The highest BCUT2D eigenvalue weighted by Crippen LogP contribution is 2.24. The zero-order valence-electron chi connectivity index (χ0n) is 11.2. The number of halogens is 1. The molecule has 1 aromatic heterocycles. The van der Waals surface area contributed by atoms with E-state index in [9.17, 15) is 0 Å². The Hall–Kier alpha value is -1.12. The first-order valence-corrected chi connectivity index (χ1v) is 7.39. The van der Waals surface area contributed by atoms with Gasteiger partial charge in [0.05, 0.1) is 5.52 Å². The van der Waals surface area contributed by atoms with Crippen LogP contribution in [-0.4, -0.2) is 11.0 Å². The van der Waals surface area contributed by atoms with Crippen molar-refractivity contribution in [3.63, 3.8) is 0 Å². The zero-order chi connectivity index (χ0) is 13.2. The van der Waals surface area contributed by atoms with Crippen LogP contribution in [0.1, 0.15) is 36.9 Å². The van der Waals surface area contributed by atoms with Crippen molar-refractivity contribution in [2.24, 2.45) is 0 Å². The van der Waals surface area contributed by atoms with Crippen molar-refractivity contribution in [2.75, 3.05) is 0 Å². The molecular weight excluding hydrogens is 256 g/mol. The summed E-state index contributed by atoms with van der Waals surface area (Å²) in [7, 11) is 0. The lowest BCUT2D eigenvalue weighted by Crippen LogP contribution is -2.25. The van der Waals surface area contributed by atoms with Gasteiger partial charge < -0.3 is 5.32 Å². The monoisotopic (exact) mass is 274 g/mol. The summed E-state index contributed by atoms with van der Waals surface area (Å²) in [6.07, 6.45) is 5.34. The Morgan fingerprint density at radius 2 is 2.05 bits per heavy atom. The van der Waals surface area contributed by atoms with E-state index in [1.807, 2.05) is 25.1 Å². The summed E-state index contributed by atoms with van der Waals surface area (Å²) in [6.45, 7) is 2.96. The van der Waals surface area contributed by atoms with Crippen molar-refractivity contribution in [2.45, 2.75) is 45.2 Å². The first-order valence-electron chi connectivity index (χ1n) is 7.01. The van der Waals surface area contributed by atoms with Crippen LogP contribution >= 0.6 is 11.6 Å². The standard InChI is InChI=1S/C16H19ClN2/c1-11-8-12(10-18-14-4-2-3-5-14)15-9-13(17)6-7-16(15)19-11/h6-9,14,18H,2-5,10H2,1H3. The molecule has 1 aliphatic rings. The van der Waals surface area contributed by atoms with Gasteiger partial charge in [0.15, 0.2) is 0 Å². The molecule has 0 amide bonds. The number of rotatable bonds is 3. The van der Waals surface area contributed by atoms with Gasteiger partial charge in [0, 0.05) is 28.7 Å². The number of aromatic nitrogens is 1. The fourth-order valence-corrected chi connectivity index (χ4v) is 3.12. The van der Waals surface area contributed by atoms with Gasteiger partial charge in [0.1, 0.15) is 0 Å². The molecule has 19 heavy (non-hydrogen) atoms. The van der Waals surface area contributed by atoms with E-state index in [-0.39, 0.29) is 0 Å². The predicted octanol–water partition coefficient (Wildman–Crippen LogP) is 4.23. The van der Waals surface area contributed by atoms with Gasteiger partial charge in [-0.3, -0.25) is 4.98 Å². The molecule has 1 aliphatic carbocycles. The normalized spacial score (nSPS) is 16.3. The molecule has 100 valence electrons. The van der Waals surface area contributed by atoms with Crippen molar-refractivity contribution in [1.82, 2.24) is 10.3 Å². The fraction of sp³-hybridized carbons (Fsp3) is 0.438. The van der Waals surface area contributed by atoms with Gasteiger partial charge >= 0.3 is 0 Å². The third kappa shape index (κ3) is 2.90. The Bertz CT molecular complexity index is 589. The third-order valence-electron chi connectivity index (χ3n) is 3.92. The molecule has 2 nitrogen and oxygen atoms in total. The highest BCUT2D eigenvalue weighted by molar-refractivity contribution is 6.31. The van der Waals surface area contributed by atoms with Crippen LogP contribution in [0.2, 0.25) is 5.02 Å². The highest BCUT2D eigenvalue weighted by Gasteiger charge is 2.14. The van der Waals surface area contributed by atoms with Crippen LogP contribution in [-0.2, 0) is 6.54 Å². The molecule has 1 fully saturated rings. The minimum atomic E-state index is 0.683. The summed E-state index contributed by atoms with van der Waals surface area (Å²) in [4.78, 5) is 4.57. The van der Waals surface area contributed by atoms with Crippen molar-refractivity contribution in [3.05, 3.63) is 40.5 Å². The van der Waals surface area contributed by atoms with Crippen LogP contribution in [0.15, 0.2) is 24.3 Å². The Morgan fingerprint density at radius 3 is 2.84 bits per heavy atom. The maximum Gasteiger partial charge on any atom is 0.0709 e. The van der Waals surface area contributed by atoms with E-state index in [0.29, 0.717) is 6.04 Å². The molecule has 0 bridgehead atoms. The Kier molecular flexibility index (Phi) is 3.72. The van der Waals surface area contributed by atoms with Gasteiger partial charge in [-0.1, -0.05) is 24.4 Å². The quantitative estimate of drug-likeness (QED) is 0.906. The maximum absolute atomic E-state index is 6.11. The SMILES string of the molecule is Cc1cc(CNC2CCCC2)c2cc(Cl)ccc2n1. The number of hydrogen-bond donors (Lipinski definition) is 1. The molecule has 2 aromatic rings. The fourth-order valence-electron chi connectivity index (χ4n) is 2.95. The molecule has 3 heteroatoms. The van der Waals surface area contributed by atoms with E-state index < -0.39 is 0 Å². The van der Waals surface area contributed by atoms with Crippen molar-refractivity contribution in [1.29, 1.82) is 0 Å². The van der Waals surface area contributed by atoms with Gasteiger partial charge in [-0.05, 0) is 49.6 Å². The van der Waals surface area contributed by atoms with Crippen molar-refractivity contribution >= 4 is 22.5 Å². The summed E-state index contributed by atoms with van der Waals surface area (Å²) in [5, 5.41) is 5.61. The third-order valence-corrected chi connectivity index (χ3v) is 4.16. The molecule has 0 atom stereocenters. The summed E-state index contributed by atoms with van der Waals surface area (Å²) in [6, 6.07) is 8.78. The minimum Gasteiger partial charge on any atom is -0.310 e. The largest absolute Gasteiger partial charge is 0.310 e. The van der Waals surface area contributed by atoms with Crippen molar-refractivity contribution in [3.8, 4) is 0 Å². The first kappa shape index (κ1) is 12.9. The lowest BCUT2D eigenvalue weighted by atomic mass is 10.1. The molecule has 1 heterocycles. The smallest absolute Gasteiger partial charge is 0.0709 e. The van der Waals surface area contributed by atoms with E-state index in [2.05, 4.69) is 16.4 Å². The minimum absolute atomic E-state index is 0.683. The maximum atomic E-state index is 6.11. The van der Waals surface area contributed by atoms with Gasteiger partial charge in [-0.25, -0.2) is 0 Å². The number of pyridine rings is 1. The molecule has 1 N–H and O–H groups in total. The first-order chi connectivity index (χ1) is 9.22. The predicted molar refractivity (Wildman–Crippen MR) is 80.6 cm³/mol. The Labute approximate surface area is 119 Å². The average Bonchev–Trinajstić information content (AvgIpc) is 2.89. The molecular formula is C16H19ClN2. The van der Waals surface area contributed by atoms with E-state index in [1.165, 1.54) is 36.6 Å². The van der Waals surface area contributed by atoms with Crippen molar-refractivity contribution < 1.29 is 0 Å². The molecule has 0 saturated heterocycles. The summed E-state index contributed by atoms with van der Waals surface area (Å²) in [5.74, 6) is 0.